The summed E-state index contributed by atoms with van der Waals surface area (Å²) in [5.74, 6) is 0.447. The second-order valence-corrected chi connectivity index (χ2v) is 9.34. The van der Waals surface area contributed by atoms with Crippen LogP contribution in [0.25, 0.3) is 0 Å². The number of hydrogen-bond donors (Lipinski definition) is 1. The topological polar surface area (TPSA) is 84.7 Å². The normalized spacial score (nSPS) is 14.5. The predicted octanol–water partition coefficient (Wildman–Crippen LogP) is 5.15. The number of rotatable bonds is 8. The van der Waals surface area contributed by atoms with Gasteiger partial charge in [-0.1, -0.05) is 42.1 Å². The lowest BCUT2D eigenvalue weighted by Crippen LogP contribution is -2.44. The first-order valence-corrected chi connectivity index (χ1v) is 12.0. The molecule has 3 aromatic rings. The van der Waals surface area contributed by atoms with Crippen molar-refractivity contribution in [2.45, 2.75) is 35.2 Å². The summed E-state index contributed by atoms with van der Waals surface area (Å²) >= 11 is 1.28. The fraction of sp³-hybridized carbons (Fsp3) is 0.269. The minimum Gasteiger partial charge on any atom is -0.497 e. The third-order valence-electron chi connectivity index (χ3n) is 5.88. The molecular formula is C26H27N3O4S. The first-order chi connectivity index (χ1) is 16.5. The Morgan fingerprint density at radius 2 is 1.79 bits per heavy atom. The van der Waals surface area contributed by atoms with Gasteiger partial charge in [0.2, 0.25) is 0 Å². The number of benzene rings is 3. The van der Waals surface area contributed by atoms with Crippen molar-refractivity contribution in [1.29, 1.82) is 0 Å². The van der Waals surface area contributed by atoms with Crippen molar-refractivity contribution in [2.75, 3.05) is 20.2 Å². The van der Waals surface area contributed by atoms with E-state index in [1.807, 2.05) is 30.3 Å². The molecule has 0 saturated carbocycles. The Morgan fingerprint density at radius 1 is 1.09 bits per heavy atom. The van der Waals surface area contributed by atoms with E-state index in [1.54, 1.807) is 31.4 Å². The van der Waals surface area contributed by atoms with Crippen LogP contribution in [0.5, 0.6) is 5.75 Å². The molecule has 7 nitrogen and oxygen atoms in total. The summed E-state index contributed by atoms with van der Waals surface area (Å²) in [4.78, 5) is 27.8. The SMILES string of the molecule is COc1ccc(Sc2ccc(C(=O)NC3CCN(Cc4ccccc4)CC3)cc2[N+](=O)[O-])cc1. The van der Waals surface area contributed by atoms with Crippen molar-refractivity contribution < 1.29 is 14.5 Å². The number of nitro groups is 1. The second-order valence-electron chi connectivity index (χ2n) is 8.23. The maximum absolute atomic E-state index is 12.8. The van der Waals surface area contributed by atoms with Gasteiger partial charge in [-0.2, -0.15) is 0 Å². The molecule has 8 heteroatoms. The number of hydrogen-bond acceptors (Lipinski definition) is 6. The molecule has 0 aliphatic carbocycles. The Balaban J connectivity index is 1.36. The highest BCUT2D eigenvalue weighted by Crippen LogP contribution is 2.36. The van der Waals surface area contributed by atoms with Crippen molar-refractivity contribution >= 4 is 23.4 Å². The van der Waals surface area contributed by atoms with Crippen molar-refractivity contribution in [3.05, 3.63) is 94.0 Å². The first kappa shape index (κ1) is 23.8. The average Bonchev–Trinajstić information content (AvgIpc) is 2.86. The van der Waals surface area contributed by atoms with Crippen LogP contribution in [0.4, 0.5) is 5.69 Å². The van der Waals surface area contributed by atoms with E-state index in [9.17, 15) is 14.9 Å². The fourth-order valence-corrected chi connectivity index (χ4v) is 4.90. The van der Waals surface area contributed by atoms with Crippen LogP contribution in [0, 0.1) is 10.1 Å². The van der Waals surface area contributed by atoms with Crippen LogP contribution in [0.3, 0.4) is 0 Å². The van der Waals surface area contributed by atoms with Gasteiger partial charge in [0, 0.05) is 42.2 Å². The van der Waals surface area contributed by atoms with Crippen molar-refractivity contribution in [3.8, 4) is 5.75 Å². The number of carbonyl (C=O) groups is 1. The highest BCUT2D eigenvalue weighted by molar-refractivity contribution is 7.99. The summed E-state index contributed by atoms with van der Waals surface area (Å²) in [6.45, 7) is 2.70. The summed E-state index contributed by atoms with van der Waals surface area (Å²) < 4.78 is 5.15. The Morgan fingerprint density at radius 3 is 2.44 bits per heavy atom. The van der Waals surface area contributed by atoms with Gasteiger partial charge >= 0.3 is 0 Å². The van der Waals surface area contributed by atoms with Gasteiger partial charge < -0.3 is 10.1 Å². The molecule has 3 aromatic carbocycles. The molecule has 1 aliphatic heterocycles. The number of likely N-dealkylation sites (tertiary alicyclic amines) is 1. The van der Waals surface area contributed by atoms with Crippen molar-refractivity contribution in [1.82, 2.24) is 10.2 Å². The Kier molecular flexibility index (Phi) is 7.82. The van der Waals surface area contributed by atoms with Gasteiger partial charge in [-0.3, -0.25) is 19.8 Å². The molecule has 1 heterocycles. The molecule has 4 rings (SSSR count). The maximum atomic E-state index is 12.8. The Bertz CT molecular complexity index is 1130. The summed E-state index contributed by atoms with van der Waals surface area (Å²) in [5.41, 5.74) is 1.51. The standard InChI is InChI=1S/C26H27N3O4S/c1-33-22-8-10-23(11-9-22)34-25-12-7-20(17-24(25)29(31)32)26(30)27-21-13-15-28(16-14-21)18-19-5-3-2-4-6-19/h2-12,17,21H,13-16,18H2,1H3,(H,27,30). The minimum absolute atomic E-state index is 0.0620. The van der Waals surface area contributed by atoms with E-state index in [2.05, 4.69) is 22.3 Å². The largest absolute Gasteiger partial charge is 0.497 e. The van der Waals surface area contributed by atoms with Crippen LogP contribution in [-0.2, 0) is 6.54 Å². The predicted molar refractivity (Wildman–Crippen MR) is 132 cm³/mol. The minimum atomic E-state index is -0.440. The summed E-state index contributed by atoms with van der Waals surface area (Å²) in [6.07, 6.45) is 1.71. The highest BCUT2D eigenvalue weighted by atomic mass is 32.2. The first-order valence-electron chi connectivity index (χ1n) is 11.2. The van der Waals surface area contributed by atoms with Gasteiger partial charge in [-0.05, 0) is 54.8 Å². The molecule has 0 spiro atoms. The molecule has 0 atom stereocenters. The van der Waals surface area contributed by atoms with Gasteiger partial charge in [-0.25, -0.2) is 0 Å². The number of amides is 1. The number of ether oxygens (including phenoxy) is 1. The molecule has 34 heavy (non-hydrogen) atoms. The van der Waals surface area contributed by atoms with Gasteiger partial charge in [0.15, 0.2) is 0 Å². The molecule has 0 unspecified atom stereocenters. The third kappa shape index (κ3) is 6.15. The molecule has 176 valence electrons. The second kappa shape index (κ2) is 11.2. The third-order valence-corrected chi connectivity index (χ3v) is 6.95. The quantitative estimate of drug-likeness (QED) is 0.357. The van der Waals surface area contributed by atoms with Crippen LogP contribution in [0.2, 0.25) is 0 Å². The van der Waals surface area contributed by atoms with Crippen molar-refractivity contribution in [3.63, 3.8) is 0 Å². The van der Waals surface area contributed by atoms with Gasteiger partial charge in [-0.15, -0.1) is 0 Å². The molecule has 1 aliphatic rings. The zero-order valence-corrected chi connectivity index (χ0v) is 19.8. The summed E-state index contributed by atoms with van der Waals surface area (Å²) in [5, 5.41) is 14.8. The molecule has 0 bridgehead atoms. The van der Waals surface area contributed by atoms with E-state index < -0.39 is 4.92 Å². The van der Waals surface area contributed by atoms with E-state index in [4.69, 9.17) is 4.74 Å². The maximum Gasteiger partial charge on any atom is 0.284 e. The molecule has 1 saturated heterocycles. The van der Waals surface area contributed by atoms with Crippen LogP contribution in [0.15, 0.2) is 82.6 Å². The molecule has 0 aromatic heterocycles. The van der Waals surface area contributed by atoms with Crippen LogP contribution in [0.1, 0.15) is 28.8 Å². The lowest BCUT2D eigenvalue weighted by molar-refractivity contribution is -0.387. The molecular weight excluding hydrogens is 450 g/mol. The highest BCUT2D eigenvalue weighted by Gasteiger charge is 2.23. The van der Waals surface area contributed by atoms with E-state index in [0.29, 0.717) is 10.5 Å². The smallest absolute Gasteiger partial charge is 0.284 e. The lowest BCUT2D eigenvalue weighted by atomic mass is 10.0. The zero-order chi connectivity index (χ0) is 23.9. The molecule has 1 N–H and O–H groups in total. The number of carbonyl (C=O) groups excluding carboxylic acids is 1. The van der Waals surface area contributed by atoms with Crippen LogP contribution < -0.4 is 10.1 Å². The van der Waals surface area contributed by atoms with E-state index >= 15 is 0 Å². The fourth-order valence-electron chi connectivity index (χ4n) is 4.00. The summed E-state index contributed by atoms with van der Waals surface area (Å²) in [7, 11) is 1.59. The van der Waals surface area contributed by atoms with E-state index in [0.717, 1.165) is 43.1 Å². The van der Waals surface area contributed by atoms with Gasteiger partial charge in [0.05, 0.1) is 16.9 Å². The molecule has 0 radical (unpaired) electrons. The van der Waals surface area contributed by atoms with E-state index in [1.165, 1.54) is 23.4 Å². The van der Waals surface area contributed by atoms with Gasteiger partial charge in [0.1, 0.15) is 5.75 Å². The van der Waals surface area contributed by atoms with Crippen molar-refractivity contribution in [2.24, 2.45) is 0 Å². The Labute approximate surface area is 203 Å². The lowest BCUT2D eigenvalue weighted by Gasteiger charge is -2.32. The number of piperidine rings is 1. The number of nitrogens with one attached hydrogen (secondary N) is 1. The average molecular weight is 478 g/mol. The van der Waals surface area contributed by atoms with Crippen LogP contribution in [-0.4, -0.2) is 42.0 Å². The Hall–Kier alpha value is -3.36. The van der Waals surface area contributed by atoms with Gasteiger partial charge in [0.25, 0.3) is 11.6 Å². The molecule has 1 amide bonds. The van der Waals surface area contributed by atoms with E-state index in [-0.39, 0.29) is 17.6 Å². The zero-order valence-electron chi connectivity index (χ0n) is 19.0. The monoisotopic (exact) mass is 477 g/mol. The summed E-state index contributed by atoms with van der Waals surface area (Å²) in [6, 6.07) is 22.4. The number of nitro benzene ring substituents is 1. The van der Waals surface area contributed by atoms with Crippen LogP contribution >= 0.6 is 11.8 Å². The number of methoxy groups -OCH3 is 1. The molecule has 1 fully saturated rings. The number of nitrogens with zero attached hydrogens (tertiary/aromatic N) is 2.